The largest absolute Gasteiger partial charge is 0.490 e. The molecule has 1 saturated heterocycles. The average Bonchev–Trinajstić information content (AvgIpc) is 3.64. The Morgan fingerprint density at radius 3 is 2.56 bits per heavy atom. The molecule has 1 N–H and O–H groups in total. The molecule has 0 aromatic heterocycles. The van der Waals surface area contributed by atoms with Crippen LogP contribution in [0, 0.1) is 17.6 Å². The van der Waals surface area contributed by atoms with E-state index in [9.17, 15) is 17.6 Å². The zero-order valence-corrected chi connectivity index (χ0v) is 21.2. The highest BCUT2D eigenvalue weighted by atomic mass is 35.5. The number of halogens is 3. The van der Waals surface area contributed by atoms with Crippen molar-refractivity contribution in [2.75, 3.05) is 24.7 Å². The number of carbonyl (C=O) groups excluding carboxylic acids is 1. The Morgan fingerprint density at radius 1 is 1.11 bits per heavy atom. The van der Waals surface area contributed by atoms with E-state index < -0.39 is 50.6 Å². The van der Waals surface area contributed by atoms with Crippen LogP contribution in [0.15, 0.2) is 36.4 Å². The first-order valence-corrected chi connectivity index (χ1v) is 14.3. The predicted octanol–water partition coefficient (Wildman–Crippen LogP) is 3.98. The molecule has 10 heteroatoms. The fourth-order valence-electron chi connectivity index (χ4n) is 5.56. The van der Waals surface area contributed by atoms with Gasteiger partial charge in [0.15, 0.2) is 21.4 Å². The molecule has 2 aromatic rings. The van der Waals surface area contributed by atoms with Crippen LogP contribution >= 0.6 is 11.6 Å². The van der Waals surface area contributed by atoms with Gasteiger partial charge in [-0.1, -0.05) is 23.7 Å². The van der Waals surface area contributed by atoms with Gasteiger partial charge in [0.05, 0.1) is 18.5 Å². The number of sulfone groups is 1. The maximum atomic E-state index is 15.3. The normalized spacial score (nSPS) is 25.4. The summed E-state index contributed by atoms with van der Waals surface area (Å²) in [7, 11) is -3.68. The summed E-state index contributed by atoms with van der Waals surface area (Å²) >= 11 is 6.06. The first-order valence-electron chi connectivity index (χ1n) is 12.1. The summed E-state index contributed by atoms with van der Waals surface area (Å²) in [5.41, 5.74) is 0.212. The minimum atomic E-state index is -3.68. The highest BCUT2D eigenvalue weighted by molar-refractivity contribution is 7.92. The molecule has 2 heterocycles. The third-order valence-electron chi connectivity index (χ3n) is 7.44. The molecule has 2 fully saturated rings. The number of nitrogens with one attached hydrogen (secondary N) is 1. The summed E-state index contributed by atoms with van der Waals surface area (Å²) in [6, 6.07) is 9.46. The number of ether oxygens (including phenoxy) is 2. The first kappa shape index (κ1) is 25.4. The van der Waals surface area contributed by atoms with Crippen LogP contribution in [0.4, 0.5) is 8.78 Å². The molecule has 0 unspecified atom stereocenters. The van der Waals surface area contributed by atoms with Gasteiger partial charge >= 0.3 is 0 Å². The molecular weight excluding hydrogens is 512 g/mol. The number of carbonyl (C=O) groups is 1. The molecule has 36 heavy (non-hydrogen) atoms. The van der Waals surface area contributed by atoms with Crippen LogP contribution < -0.4 is 10.1 Å². The molecule has 0 spiro atoms. The molecule has 1 amide bonds. The van der Waals surface area contributed by atoms with Crippen molar-refractivity contribution in [3.05, 3.63) is 64.2 Å². The zero-order valence-electron chi connectivity index (χ0n) is 19.6. The minimum Gasteiger partial charge on any atom is -0.490 e. The molecule has 3 aliphatic rings. The van der Waals surface area contributed by atoms with Gasteiger partial charge in [-0.15, -0.1) is 0 Å². The third kappa shape index (κ3) is 5.24. The third-order valence-corrected chi connectivity index (χ3v) is 9.25. The summed E-state index contributed by atoms with van der Waals surface area (Å²) < 4.78 is 67.2. The highest BCUT2D eigenvalue weighted by Gasteiger charge is 2.53. The lowest BCUT2D eigenvalue weighted by atomic mass is 9.60. The van der Waals surface area contributed by atoms with E-state index in [4.69, 9.17) is 21.1 Å². The Morgan fingerprint density at radius 2 is 1.83 bits per heavy atom. The predicted molar refractivity (Wildman–Crippen MR) is 131 cm³/mol. The molecule has 0 radical (unpaired) electrons. The van der Waals surface area contributed by atoms with Crippen molar-refractivity contribution in [1.29, 1.82) is 0 Å². The zero-order chi connectivity index (χ0) is 25.5. The van der Waals surface area contributed by atoms with E-state index in [1.54, 1.807) is 12.1 Å². The van der Waals surface area contributed by atoms with E-state index >= 15 is 4.39 Å². The Labute approximate surface area is 214 Å². The van der Waals surface area contributed by atoms with Crippen LogP contribution in [0.5, 0.6) is 5.75 Å². The van der Waals surface area contributed by atoms with Crippen molar-refractivity contribution in [3.8, 4) is 5.75 Å². The Balaban J connectivity index is 1.43. The number of rotatable bonds is 8. The number of fused-ring (bicyclic) bond motifs is 3. The van der Waals surface area contributed by atoms with Crippen LogP contribution in [-0.2, 0) is 31.2 Å². The molecule has 5 rings (SSSR count). The molecule has 6 nitrogen and oxygen atoms in total. The lowest BCUT2D eigenvalue weighted by Gasteiger charge is -2.51. The van der Waals surface area contributed by atoms with Gasteiger partial charge in [0.2, 0.25) is 5.91 Å². The smallest absolute Gasteiger partial charge is 0.235 e. The van der Waals surface area contributed by atoms with Crippen molar-refractivity contribution in [1.82, 2.24) is 5.32 Å². The molecule has 1 aliphatic carbocycles. The number of hydrogen-bond acceptors (Lipinski definition) is 5. The maximum absolute atomic E-state index is 15.3. The summed E-state index contributed by atoms with van der Waals surface area (Å²) in [5, 5.41) is 3.26. The molecule has 2 aliphatic heterocycles. The molecule has 194 valence electrons. The second kappa shape index (κ2) is 9.91. The SMILES string of the molecule is O=C(CS(=O)(=O)CC[C@@H]1OCC[C@@]2(Cc3ccc(Cl)cc3)c3c(F)ccc(F)c3OC[C@@H]12)NC1CC1. The van der Waals surface area contributed by atoms with E-state index in [1.165, 1.54) is 0 Å². The van der Waals surface area contributed by atoms with E-state index in [0.29, 0.717) is 17.9 Å². The number of benzene rings is 2. The molecule has 0 bridgehead atoms. The molecule has 3 atom stereocenters. The number of amides is 1. The van der Waals surface area contributed by atoms with Crippen LogP contribution in [0.25, 0.3) is 0 Å². The van der Waals surface area contributed by atoms with Crippen molar-refractivity contribution < 1.29 is 31.5 Å². The monoisotopic (exact) mass is 539 g/mol. The van der Waals surface area contributed by atoms with E-state index in [1.807, 2.05) is 12.1 Å². The topological polar surface area (TPSA) is 81.7 Å². The van der Waals surface area contributed by atoms with Crippen molar-refractivity contribution >= 4 is 27.3 Å². The van der Waals surface area contributed by atoms with Crippen molar-refractivity contribution in [2.24, 2.45) is 5.92 Å². The van der Waals surface area contributed by atoms with Crippen LogP contribution in [0.1, 0.15) is 36.8 Å². The second-order valence-corrected chi connectivity index (χ2v) is 12.6. The van der Waals surface area contributed by atoms with E-state index in [0.717, 1.165) is 30.5 Å². The van der Waals surface area contributed by atoms with E-state index in [2.05, 4.69) is 5.32 Å². The minimum absolute atomic E-state index is 0.0633. The molecule has 1 saturated carbocycles. The van der Waals surface area contributed by atoms with Gasteiger partial charge in [-0.25, -0.2) is 17.2 Å². The van der Waals surface area contributed by atoms with Gasteiger partial charge in [0.1, 0.15) is 11.6 Å². The van der Waals surface area contributed by atoms with Crippen LogP contribution in [0.3, 0.4) is 0 Å². The summed E-state index contributed by atoms with van der Waals surface area (Å²) in [4.78, 5) is 12.0. The first-order chi connectivity index (χ1) is 17.2. The maximum Gasteiger partial charge on any atom is 0.235 e. The average molecular weight is 540 g/mol. The Kier molecular flexibility index (Phi) is 7.00. The van der Waals surface area contributed by atoms with E-state index in [-0.39, 0.29) is 42.7 Å². The van der Waals surface area contributed by atoms with Crippen LogP contribution in [0.2, 0.25) is 5.02 Å². The summed E-state index contributed by atoms with van der Waals surface area (Å²) in [6.07, 6.45) is 2.12. The Bertz CT molecular complexity index is 1250. The fraction of sp³-hybridized carbons (Fsp3) is 0.500. The fourth-order valence-corrected chi connectivity index (χ4v) is 6.91. The summed E-state index contributed by atoms with van der Waals surface area (Å²) in [6.45, 7) is 0.320. The lowest BCUT2D eigenvalue weighted by molar-refractivity contribution is -0.118. The molecular formula is C26H28ClF2NO5S. The van der Waals surface area contributed by atoms with Gasteiger partial charge in [-0.2, -0.15) is 0 Å². The van der Waals surface area contributed by atoms with Crippen molar-refractivity contribution in [3.63, 3.8) is 0 Å². The molecule has 2 aromatic carbocycles. The standard InChI is InChI=1S/C26H28ClF2NO5S/c27-17-3-1-16(2-4-17)13-26-10-11-34-22(9-12-36(32,33)15-23(31)30-18-5-6-18)19(26)14-35-25-21(29)8-7-20(28)24(25)26/h1-4,7-8,18-19,22H,5-6,9-15H2,(H,30,31)/t19-,22-,26-/m0/s1. The highest BCUT2D eigenvalue weighted by Crippen LogP contribution is 2.52. The van der Waals surface area contributed by atoms with Crippen molar-refractivity contribution in [2.45, 2.75) is 49.7 Å². The van der Waals surface area contributed by atoms with Gasteiger partial charge in [0.25, 0.3) is 0 Å². The van der Waals surface area contributed by atoms with Crippen LogP contribution in [-0.4, -0.2) is 51.2 Å². The second-order valence-electron chi connectivity index (χ2n) is 9.99. The number of hydrogen-bond donors (Lipinski definition) is 1. The van der Waals surface area contributed by atoms with Gasteiger partial charge in [0, 0.05) is 34.6 Å². The quantitative estimate of drug-likeness (QED) is 0.549. The Hall–Kier alpha value is -2.23. The summed E-state index contributed by atoms with van der Waals surface area (Å²) in [5.74, 6) is -3.02. The lowest BCUT2D eigenvalue weighted by Crippen LogP contribution is -2.55. The van der Waals surface area contributed by atoms with Gasteiger partial charge in [-0.3, -0.25) is 4.79 Å². The van der Waals surface area contributed by atoms with Gasteiger partial charge in [-0.05, 0) is 61.9 Å². The van der Waals surface area contributed by atoms with Gasteiger partial charge < -0.3 is 14.8 Å².